The van der Waals surface area contributed by atoms with E-state index in [4.69, 9.17) is 0 Å². The predicted molar refractivity (Wildman–Crippen MR) is 67.6 cm³/mol. The minimum Gasteiger partial charge on any atom is -0.313 e. The second-order valence-electron chi connectivity index (χ2n) is 4.71. The molecule has 0 aliphatic carbocycles. The Morgan fingerprint density at radius 3 is 2.69 bits per heavy atom. The Morgan fingerprint density at radius 1 is 1.38 bits per heavy atom. The number of hydrogen-bond acceptors (Lipinski definition) is 3. The van der Waals surface area contributed by atoms with Crippen LogP contribution in [0.25, 0.3) is 0 Å². The molecule has 1 unspecified atom stereocenters. The molecule has 1 N–H and O–H groups in total. The molecule has 1 aromatic heterocycles. The Kier molecular flexibility index (Phi) is 5.49. The van der Waals surface area contributed by atoms with Crippen molar-refractivity contribution in [2.24, 2.45) is 0 Å². The highest BCUT2D eigenvalue weighted by atomic mass is 15.3. The highest BCUT2D eigenvalue weighted by Crippen LogP contribution is 2.04. The van der Waals surface area contributed by atoms with Gasteiger partial charge in [0.05, 0.1) is 6.04 Å². The molecule has 0 aliphatic rings. The van der Waals surface area contributed by atoms with Gasteiger partial charge in [0.1, 0.15) is 0 Å². The zero-order chi connectivity index (χ0) is 12.0. The van der Waals surface area contributed by atoms with Gasteiger partial charge >= 0.3 is 0 Å². The summed E-state index contributed by atoms with van der Waals surface area (Å²) in [5.41, 5.74) is 0. The van der Waals surface area contributed by atoms with Crippen molar-refractivity contribution in [1.82, 2.24) is 20.0 Å². The summed E-state index contributed by atoms with van der Waals surface area (Å²) in [5, 5.41) is 7.67. The minimum atomic E-state index is 0.430. The van der Waals surface area contributed by atoms with Crippen LogP contribution in [-0.4, -0.2) is 47.4 Å². The average Bonchev–Trinajstić information content (AvgIpc) is 2.69. The van der Waals surface area contributed by atoms with Crippen molar-refractivity contribution in [1.29, 1.82) is 0 Å². The summed E-state index contributed by atoms with van der Waals surface area (Å²) in [6.45, 7) is 9.68. The van der Waals surface area contributed by atoms with Gasteiger partial charge in [-0.2, -0.15) is 5.10 Å². The van der Waals surface area contributed by atoms with Gasteiger partial charge in [-0.3, -0.25) is 4.68 Å². The third kappa shape index (κ3) is 4.77. The lowest BCUT2D eigenvalue weighted by Gasteiger charge is -2.22. The second kappa shape index (κ2) is 6.66. The van der Waals surface area contributed by atoms with E-state index in [0.717, 1.165) is 19.6 Å². The van der Waals surface area contributed by atoms with E-state index in [1.807, 2.05) is 23.1 Å². The highest BCUT2D eigenvalue weighted by molar-refractivity contribution is 4.81. The van der Waals surface area contributed by atoms with Gasteiger partial charge in [-0.25, -0.2) is 0 Å². The molecule has 0 saturated heterocycles. The van der Waals surface area contributed by atoms with Crippen molar-refractivity contribution < 1.29 is 0 Å². The maximum Gasteiger partial charge on any atom is 0.0617 e. The van der Waals surface area contributed by atoms with Crippen LogP contribution in [0.4, 0.5) is 0 Å². The van der Waals surface area contributed by atoms with E-state index in [9.17, 15) is 0 Å². The van der Waals surface area contributed by atoms with Gasteiger partial charge in [0.25, 0.3) is 0 Å². The summed E-state index contributed by atoms with van der Waals surface area (Å²) in [5.74, 6) is 0. The van der Waals surface area contributed by atoms with Crippen molar-refractivity contribution in [3.63, 3.8) is 0 Å². The van der Waals surface area contributed by atoms with Crippen LogP contribution in [0.5, 0.6) is 0 Å². The molecule has 1 heterocycles. The zero-order valence-corrected chi connectivity index (χ0v) is 10.8. The maximum absolute atomic E-state index is 4.25. The molecule has 0 radical (unpaired) electrons. The summed E-state index contributed by atoms with van der Waals surface area (Å²) < 4.78 is 2.01. The molecule has 0 spiro atoms. The van der Waals surface area contributed by atoms with E-state index in [1.54, 1.807) is 0 Å². The molecular weight excluding hydrogens is 200 g/mol. The SMILES string of the molecule is CC(C)NCCN(C)CC(C)n1cccn1. The summed E-state index contributed by atoms with van der Waals surface area (Å²) >= 11 is 0. The number of nitrogens with zero attached hydrogens (tertiary/aromatic N) is 3. The number of aromatic nitrogens is 2. The van der Waals surface area contributed by atoms with Crippen LogP contribution >= 0.6 is 0 Å². The Balaban J connectivity index is 2.21. The van der Waals surface area contributed by atoms with E-state index >= 15 is 0 Å². The lowest BCUT2D eigenvalue weighted by atomic mass is 10.3. The number of likely N-dealkylation sites (N-methyl/N-ethyl adjacent to an activating group) is 1. The molecule has 0 fully saturated rings. The topological polar surface area (TPSA) is 33.1 Å². The Bertz CT molecular complexity index is 269. The first-order valence-electron chi connectivity index (χ1n) is 6.00. The van der Waals surface area contributed by atoms with Crippen molar-refractivity contribution in [3.05, 3.63) is 18.5 Å². The lowest BCUT2D eigenvalue weighted by molar-refractivity contribution is 0.273. The molecule has 0 aromatic carbocycles. The van der Waals surface area contributed by atoms with Gasteiger partial charge in [-0.05, 0) is 20.0 Å². The van der Waals surface area contributed by atoms with Gasteiger partial charge in [-0.1, -0.05) is 13.8 Å². The van der Waals surface area contributed by atoms with E-state index in [-0.39, 0.29) is 0 Å². The third-order valence-electron chi connectivity index (χ3n) is 2.60. The smallest absolute Gasteiger partial charge is 0.0617 e. The molecule has 0 bridgehead atoms. The zero-order valence-electron chi connectivity index (χ0n) is 10.8. The van der Waals surface area contributed by atoms with Crippen LogP contribution in [0.1, 0.15) is 26.8 Å². The van der Waals surface area contributed by atoms with Gasteiger partial charge < -0.3 is 10.2 Å². The number of nitrogens with one attached hydrogen (secondary N) is 1. The van der Waals surface area contributed by atoms with E-state index in [2.05, 4.69) is 43.1 Å². The summed E-state index contributed by atoms with van der Waals surface area (Å²) in [7, 11) is 2.15. The molecule has 92 valence electrons. The van der Waals surface area contributed by atoms with Crippen molar-refractivity contribution in [2.45, 2.75) is 32.9 Å². The predicted octanol–water partition coefficient (Wildman–Crippen LogP) is 1.37. The molecule has 1 aromatic rings. The van der Waals surface area contributed by atoms with Gasteiger partial charge in [0.2, 0.25) is 0 Å². The van der Waals surface area contributed by atoms with Gasteiger partial charge in [0.15, 0.2) is 0 Å². The van der Waals surface area contributed by atoms with Crippen LogP contribution < -0.4 is 5.32 Å². The monoisotopic (exact) mass is 224 g/mol. The van der Waals surface area contributed by atoms with Crippen LogP contribution in [-0.2, 0) is 0 Å². The molecular formula is C12H24N4. The molecule has 0 amide bonds. The van der Waals surface area contributed by atoms with Crippen molar-refractivity contribution in [3.8, 4) is 0 Å². The van der Waals surface area contributed by atoms with Crippen LogP contribution in [0, 0.1) is 0 Å². The largest absolute Gasteiger partial charge is 0.313 e. The van der Waals surface area contributed by atoms with E-state index < -0.39 is 0 Å². The van der Waals surface area contributed by atoms with E-state index in [1.165, 1.54) is 0 Å². The summed E-state index contributed by atoms with van der Waals surface area (Å²) in [6, 6.07) is 2.97. The van der Waals surface area contributed by atoms with Crippen molar-refractivity contribution in [2.75, 3.05) is 26.7 Å². The fraction of sp³-hybridized carbons (Fsp3) is 0.750. The fourth-order valence-corrected chi connectivity index (χ4v) is 1.71. The minimum absolute atomic E-state index is 0.430. The van der Waals surface area contributed by atoms with Gasteiger partial charge in [0, 0.05) is 38.1 Å². The lowest BCUT2D eigenvalue weighted by Crippen LogP contribution is -2.35. The molecule has 4 heteroatoms. The third-order valence-corrected chi connectivity index (χ3v) is 2.60. The quantitative estimate of drug-likeness (QED) is 0.759. The Hall–Kier alpha value is -0.870. The fourth-order valence-electron chi connectivity index (χ4n) is 1.71. The molecule has 1 rings (SSSR count). The second-order valence-corrected chi connectivity index (χ2v) is 4.71. The van der Waals surface area contributed by atoms with Crippen LogP contribution in [0.2, 0.25) is 0 Å². The normalized spacial score (nSPS) is 13.6. The molecule has 1 atom stereocenters. The molecule has 4 nitrogen and oxygen atoms in total. The Morgan fingerprint density at radius 2 is 2.12 bits per heavy atom. The van der Waals surface area contributed by atoms with E-state index in [0.29, 0.717) is 12.1 Å². The molecule has 0 aliphatic heterocycles. The number of rotatable bonds is 7. The van der Waals surface area contributed by atoms with Gasteiger partial charge in [-0.15, -0.1) is 0 Å². The molecule has 0 saturated carbocycles. The highest BCUT2D eigenvalue weighted by Gasteiger charge is 2.07. The summed E-state index contributed by atoms with van der Waals surface area (Å²) in [6.07, 6.45) is 3.85. The Labute approximate surface area is 98.6 Å². The first-order valence-corrected chi connectivity index (χ1v) is 6.00. The van der Waals surface area contributed by atoms with Crippen LogP contribution in [0.3, 0.4) is 0 Å². The first-order chi connectivity index (χ1) is 7.59. The van der Waals surface area contributed by atoms with Crippen LogP contribution in [0.15, 0.2) is 18.5 Å². The first kappa shape index (κ1) is 13.2. The number of hydrogen-bond donors (Lipinski definition) is 1. The molecule has 16 heavy (non-hydrogen) atoms. The maximum atomic E-state index is 4.25. The summed E-state index contributed by atoms with van der Waals surface area (Å²) in [4.78, 5) is 2.34. The average molecular weight is 224 g/mol. The van der Waals surface area contributed by atoms with Crippen molar-refractivity contribution >= 4 is 0 Å². The standard InChI is InChI=1S/C12H24N4/c1-11(2)13-7-9-15(4)10-12(3)16-8-5-6-14-16/h5-6,8,11-13H,7,9-10H2,1-4H3.